The van der Waals surface area contributed by atoms with E-state index < -0.39 is 10.4 Å². The van der Waals surface area contributed by atoms with Crippen molar-refractivity contribution >= 4 is 10.4 Å². The number of hydrogen-bond acceptors (Lipinski definition) is 3. The van der Waals surface area contributed by atoms with Gasteiger partial charge in [-0.05, 0) is 13.8 Å². The van der Waals surface area contributed by atoms with E-state index in [1.54, 1.807) is 19.9 Å². The lowest BCUT2D eigenvalue weighted by atomic mass is 10.3. The van der Waals surface area contributed by atoms with Crippen molar-refractivity contribution < 1.29 is 17.2 Å². The van der Waals surface area contributed by atoms with Crippen molar-refractivity contribution in [2.75, 3.05) is 6.61 Å². The van der Waals surface area contributed by atoms with Crippen LogP contribution in [-0.2, 0) is 14.6 Å². The first-order chi connectivity index (χ1) is 4.42. The molecule has 0 aliphatic carbocycles. The van der Waals surface area contributed by atoms with Gasteiger partial charge in [-0.3, -0.25) is 4.55 Å². The van der Waals surface area contributed by atoms with E-state index in [4.69, 9.17) is 4.55 Å². The molecule has 0 aromatic rings. The Labute approximate surface area is 60.5 Å². The summed E-state index contributed by atoms with van der Waals surface area (Å²) in [6.07, 6.45) is 1.55. The zero-order valence-corrected chi connectivity index (χ0v) is 6.68. The zero-order valence-electron chi connectivity index (χ0n) is 5.86. The first-order valence-corrected chi connectivity index (χ1v) is 4.03. The third kappa shape index (κ3) is 7.61. The van der Waals surface area contributed by atoms with Crippen molar-refractivity contribution in [2.24, 2.45) is 0 Å². The molecule has 4 nitrogen and oxygen atoms in total. The molecule has 0 rings (SSSR count). The third-order valence-electron chi connectivity index (χ3n) is 0.709. The summed E-state index contributed by atoms with van der Waals surface area (Å²) in [4.78, 5) is 0. The molecule has 0 saturated carbocycles. The average Bonchev–Trinajstić information content (AvgIpc) is 1.59. The Morgan fingerprint density at radius 3 is 2.40 bits per heavy atom. The minimum absolute atomic E-state index is 0.110. The maximum atomic E-state index is 9.92. The van der Waals surface area contributed by atoms with Crippen LogP contribution in [0.3, 0.4) is 0 Å². The van der Waals surface area contributed by atoms with Crippen LogP contribution < -0.4 is 0 Å². The van der Waals surface area contributed by atoms with Gasteiger partial charge in [0.1, 0.15) is 0 Å². The maximum Gasteiger partial charge on any atom is 0.397 e. The molecule has 1 N–H and O–H groups in total. The minimum atomic E-state index is -4.26. The second kappa shape index (κ2) is 3.70. The largest absolute Gasteiger partial charge is 0.397 e. The summed E-state index contributed by atoms with van der Waals surface area (Å²) in [6, 6.07) is 0. The van der Waals surface area contributed by atoms with Crippen LogP contribution in [-0.4, -0.2) is 19.6 Å². The molecule has 0 radical (unpaired) electrons. The topological polar surface area (TPSA) is 63.6 Å². The molecule has 0 atom stereocenters. The Bertz CT molecular complexity index is 210. The Hall–Kier alpha value is -0.390. The van der Waals surface area contributed by atoms with Gasteiger partial charge in [0.25, 0.3) is 0 Å². The molecule has 5 heteroatoms. The van der Waals surface area contributed by atoms with E-state index >= 15 is 0 Å². The van der Waals surface area contributed by atoms with Gasteiger partial charge in [-0.2, -0.15) is 8.42 Å². The molecule has 0 aromatic carbocycles. The van der Waals surface area contributed by atoms with Gasteiger partial charge >= 0.3 is 10.4 Å². The van der Waals surface area contributed by atoms with Crippen LogP contribution in [0.4, 0.5) is 0 Å². The highest BCUT2D eigenvalue weighted by Crippen LogP contribution is 1.91. The Balaban J connectivity index is 3.69. The van der Waals surface area contributed by atoms with Crippen molar-refractivity contribution in [2.45, 2.75) is 13.8 Å². The molecule has 0 unspecified atom stereocenters. The maximum absolute atomic E-state index is 9.92. The van der Waals surface area contributed by atoms with E-state index in [1.165, 1.54) is 0 Å². The summed E-state index contributed by atoms with van der Waals surface area (Å²) in [5, 5.41) is 0. The van der Waals surface area contributed by atoms with Crippen molar-refractivity contribution in [3.8, 4) is 0 Å². The smallest absolute Gasteiger partial charge is 0.264 e. The monoisotopic (exact) mass is 166 g/mol. The highest BCUT2D eigenvalue weighted by atomic mass is 32.3. The fraction of sp³-hybridized carbons (Fsp3) is 0.600. The van der Waals surface area contributed by atoms with Gasteiger partial charge in [0.2, 0.25) is 0 Å². The zero-order chi connectivity index (χ0) is 8.20. The van der Waals surface area contributed by atoms with Crippen LogP contribution >= 0.6 is 0 Å². The van der Waals surface area contributed by atoms with Crippen LogP contribution in [0.1, 0.15) is 13.8 Å². The molecule has 0 aliphatic rings. The third-order valence-corrected chi connectivity index (χ3v) is 1.14. The van der Waals surface area contributed by atoms with E-state index in [-0.39, 0.29) is 6.61 Å². The molecule has 0 bridgehead atoms. The molecular formula is C5H10O4S. The SMILES string of the molecule is CC(C)=CCOS(=O)(=O)O. The van der Waals surface area contributed by atoms with Crippen molar-refractivity contribution in [3.05, 3.63) is 11.6 Å². The molecule has 0 heterocycles. The lowest BCUT2D eigenvalue weighted by Gasteiger charge is -1.93. The minimum Gasteiger partial charge on any atom is -0.264 e. The van der Waals surface area contributed by atoms with E-state index in [0.717, 1.165) is 5.57 Å². The first kappa shape index (κ1) is 9.61. The van der Waals surface area contributed by atoms with Gasteiger partial charge in [0, 0.05) is 0 Å². The molecule has 0 aliphatic heterocycles. The lowest BCUT2D eigenvalue weighted by Crippen LogP contribution is -2.03. The van der Waals surface area contributed by atoms with Gasteiger partial charge in [-0.1, -0.05) is 11.6 Å². The van der Waals surface area contributed by atoms with Crippen molar-refractivity contribution in [3.63, 3.8) is 0 Å². The second-order valence-electron chi connectivity index (χ2n) is 1.99. The fourth-order valence-corrected chi connectivity index (χ4v) is 0.527. The first-order valence-electron chi connectivity index (χ1n) is 2.67. The highest BCUT2D eigenvalue weighted by Gasteiger charge is 2.00. The molecule has 60 valence electrons. The fourth-order valence-electron chi connectivity index (χ4n) is 0.287. The van der Waals surface area contributed by atoms with Crippen LogP contribution in [0, 0.1) is 0 Å². The summed E-state index contributed by atoms with van der Waals surface area (Å²) < 4.78 is 31.9. The van der Waals surface area contributed by atoms with E-state index in [0.29, 0.717) is 0 Å². The Kier molecular flexibility index (Phi) is 3.55. The predicted molar refractivity (Wildman–Crippen MR) is 36.9 cm³/mol. The second-order valence-corrected chi connectivity index (χ2v) is 3.08. The van der Waals surface area contributed by atoms with Gasteiger partial charge in [0.15, 0.2) is 0 Å². The molecule has 0 spiro atoms. The molecule has 0 aromatic heterocycles. The number of rotatable bonds is 3. The van der Waals surface area contributed by atoms with Crippen LogP contribution in [0.2, 0.25) is 0 Å². The average molecular weight is 166 g/mol. The Morgan fingerprint density at radius 2 is 2.10 bits per heavy atom. The van der Waals surface area contributed by atoms with Crippen LogP contribution in [0.5, 0.6) is 0 Å². The summed E-state index contributed by atoms with van der Waals surface area (Å²) in [5.41, 5.74) is 0.934. The van der Waals surface area contributed by atoms with Crippen LogP contribution in [0.25, 0.3) is 0 Å². The molecule has 0 saturated heterocycles. The van der Waals surface area contributed by atoms with E-state index in [1.807, 2.05) is 0 Å². The highest BCUT2D eigenvalue weighted by molar-refractivity contribution is 7.80. The molecular weight excluding hydrogens is 156 g/mol. The molecule has 10 heavy (non-hydrogen) atoms. The van der Waals surface area contributed by atoms with Gasteiger partial charge in [0.05, 0.1) is 6.61 Å². The van der Waals surface area contributed by atoms with Gasteiger partial charge < -0.3 is 0 Å². The molecule has 0 amide bonds. The lowest BCUT2D eigenvalue weighted by molar-refractivity contribution is 0.296. The Morgan fingerprint density at radius 1 is 1.60 bits per heavy atom. The standard InChI is InChI=1S/C5H10O4S/c1-5(2)3-4-9-10(6,7)8/h3H,4H2,1-2H3,(H,6,7,8). The summed E-state index contributed by atoms with van der Waals surface area (Å²) in [7, 11) is -4.26. The molecule has 0 fully saturated rings. The van der Waals surface area contributed by atoms with Crippen molar-refractivity contribution in [1.82, 2.24) is 0 Å². The summed E-state index contributed by atoms with van der Waals surface area (Å²) in [5.74, 6) is 0. The number of allylic oxidation sites excluding steroid dienone is 1. The van der Waals surface area contributed by atoms with Crippen molar-refractivity contribution in [1.29, 1.82) is 0 Å². The van der Waals surface area contributed by atoms with Gasteiger partial charge in [-0.25, -0.2) is 4.18 Å². The summed E-state index contributed by atoms with van der Waals surface area (Å²) >= 11 is 0. The van der Waals surface area contributed by atoms with E-state index in [9.17, 15) is 8.42 Å². The summed E-state index contributed by atoms with van der Waals surface area (Å²) in [6.45, 7) is 3.49. The van der Waals surface area contributed by atoms with Crippen LogP contribution in [0.15, 0.2) is 11.6 Å². The van der Waals surface area contributed by atoms with Gasteiger partial charge in [-0.15, -0.1) is 0 Å². The predicted octanol–water partition coefficient (Wildman–Crippen LogP) is 0.772. The normalized spacial score (nSPS) is 11.1. The quantitative estimate of drug-likeness (QED) is 0.497. The number of hydrogen-bond donors (Lipinski definition) is 1. The van der Waals surface area contributed by atoms with E-state index in [2.05, 4.69) is 4.18 Å².